The van der Waals surface area contributed by atoms with Crippen molar-refractivity contribution in [1.29, 1.82) is 0 Å². The number of hydrogen-bond donors (Lipinski definition) is 6. The molecule has 4 saturated carbocycles. The third kappa shape index (κ3) is 3.64. The normalized spacial score (nSPS) is 56.5. The van der Waals surface area contributed by atoms with Crippen LogP contribution in [0.4, 0.5) is 0 Å². The lowest BCUT2D eigenvalue weighted by Crippen LogP contribution is -2.71. The molecule has 2 heterocycles. The molecule has 13 unspecified atom stereocenters. The largest absolute Gasteiger partial charge is 0.458 e. The first-order valence-corrected chi connectivity index (χ1v) is 14.1. The average Bonchev–Trinajstić information content (AvgIpc) is 3.39. The van der Waals surface area contributed by atoms with Crippen LogP contribution in [0.5, 0.6) is 0 Å². The predicted octanol–water partition coefficient (Wildman–Crippen LogP) is 0.153. The first-order valence-electron chi connectivity index (χ1n) is 14.1. The molecule has 0 spiro atoms. The molecule has 2 aliphatic heterocycles. The van der Waals surface area contributed by atoms with E-state index in [4.69, 9.17) is 14.2 Å². The topological polar surface area (TPSA) is 166 Å². The smallest absolute Gasteiger partial charge is 0.331 e. The zero-order chi connectivity index (χ0) is 27.3. The summed E-state index contributed by atoms with van der Waals surface area (Å²) in [4.78, 5) is 11.8. The van der Waals surface area contributed by atoms with Gasteiger partial charge in [0.15, 0.2) is 6.29 Å². The van der Waals surface area contributed by atoms with Crippen molar-refractivity contribution in [3.8, 4) is 0 Å². The monoisotopic (exact) mass is 538 g/mol. The Bertz CT molecular complexity index is 1000. The molecule has 0 aromatic rings. The number of fused-ring (bicyclic) bond motifs is 5. The van der Waals surface area contributed by atoms with Crippen LogP contribution >= 0.6 is 0 Å². The highest BCUT2D eigenvalue weighted by atomic mass is 16.7. The van der Waals surface area contributed by atoms with E-state index in [1.807, 2.05) is 13.8 Å². The Balaban J connectivity index is 1.23. The molecule has 5 fully saturated rings. The minimum Gasteiger partial charge on any atom is -0.458 e. The number of aliphatic hydroxyl groups is 6. The van der Waals surface area contributed by atoms with Gasteiger partial charge in [-0.1, -0.05) is 13.8 Å². The summed E-state index contributed by atoms with van der Waals surface area (Å²) in [5.74, 6) is -0.881. The summed E-state index contributed by atoms with van der Waals surface area (Å²) in [6, 6.07) is 0. The predicted molar refractivity (Wildman–Crippen MR) is 131 cm³/mol. The third-order valence-corrected chi connectivity index (χ3v) is 11.8. The van der Waals surface area contributed by atoms with Crippen LogP contribution in [0.3, 0.4) is 0 Å². The van der Waals surface area contributed by atoms with Gasteiger partial charge in [0, 0.05) is 23.3 Å². The van der Waals surface area contributed by atoms with Gasteiger partial charge in [-0.3, -0.25) is 0 Å². The van der Waals surface area contributed by atoms with E-state index in [1.54, 1.807) is 6.08 Å². The number of hydrogen-bond acceptors (Lipinski definition) is 10. The molecule has 6 aliphatic rings. The summed E-state index contributed by atoms with van der Waals surface area (Å²) in [6.45, 7) is 4.17. The van der Waals surface area contributed by atoms with Crippen molar-refractivity contribution in [2.45, 2.75) is 113 Å². The molecule has 214 valence electrons. The number of carbonyl (C=O) groups is 1. The van der Waals surface area contributed by atoms with Gasteiger partial charge in [-0.2, -0.15) is 0 Å². The van der Waals surface area contributed by atoms with E-state index in [1.165, 1.54) is 0 Å². The molecule has 38 heavy (non-hydrogen) atoms. The molecular weight excluding hydrogens is 496 g/mol. The summed E-state index contributed by atoms with van der Waals surface area (Å²) >= 11 is 0. The lowest BCUT2D eigenvalue weighted by Gasteiger charge is -2.67. The van der Waals surface area contributed by atoms with Crippen LogP contribution in [0.25, 0.3) is 0 Å². The van der Waals surface area contributed by atoms with Crippen LogP contribution in [-0.4, -0.2) is 97.8 Å². The van der Waals surface area contributed by atoms with Gasteiger partial charge in [0.25, 0.3) is 0 Å². The fourth-order valence-electron chi connectivity index (χ4n) is 9.67. The van der Waals surface area contributed by atoms with E-state index in [9.17, 15) is 35.4 Å². The number of cyclic esters (lactones) is 1. The van der Waals surface area contributed by atoms with Gasteiger partial charge in [0.1, 0.15) is 24.9 Å². The van der Waals surface area contributed by atoms with E-state index in [0.717, 1.165) is 12.0 Å². The summed E-state index contributed by atoms with van der Waals surface area (Å²) in [7, 11) is 0. The molecule has 0 amide bonds. The zero-order valence-corrected chi connectivity index (χ0v) is 22.2. The maximum Gasteiger partial charge on any atom is 0.331 e. The molecule has 10 heteroatoms. The standard InChI is InChI=1S/C28H42O10/c1-25-6-3-15(38-24-23(33)22(32)19(30)13-37-24)10-27(25,34)7-4-17-21(25)18(29)11-26(2)16(5-8-28(17,26)35)14-9-20(31)36-12-14/h9,15-19,21-24,29-30,32-35H,3-8,10-13H2,1-2H3. The first kappa shape index (κ1) is 27.1. The second kappa shape index (κ2) is 8.94. The number of esters is 1. The summed E-state index contributed by atoms with van der Waals surface area (Å²) in [6.07, 6.45) is -0.538. The Hall–Kier alpha value is -1.11. The maximum atomic E-state index is 12.4. The Morgan fingerprint density at radius 2 is 1.68 bits per heavy atom. The van der Waals surface area contributed by atoms with Crippen molar-refractivity contribution < 1.29 is 49.6 Å². The first-order chi connectivity index (χ1) is 17.8. The van der Waals surface area contributed by atoms with Gasteiger partial charge < -0.3 is 44.8 Å². The van der Waals surface area contributed by atoms with Crippen molar-refractivity contribution >= 4 is 5.97 Å². The van der Waals surface area contributed by atoms with Gasteiger partial charge in [-0.15, -0.1) is 0 Å². The SMILES string of the molecule is CC12CCC(OC3OCC(O)C(O)C3O)CC1(O)CCC1C2C(O)CC2(C)C(C3=CC(=O)OC3)CCC12O. The lowest BCUT2D eigenvalue weighted by molar-refractivity contribution is -0.310. The maximum absolute atomic E-state index is 12.4. The van der Waals surface area contributed by atoms with Crippen molar-refractivity contribution in [1.82, 2.24) is 0 Å². The van der Waals surface area contributed by atoms with Gasteiger partial charge in [-0.25, -0.2) is 4.79 Å². The fourth-order valence-corrected chi connectivity index (χ4v) is 9.67. The number of rotatable bonds is 3. The molecule has 10 nitrogen and oxygen atoms in total. The summed E-state index contributed by atoms with van der Waals surface area (Å²) < 4.78 is 16.6. The van der Waals surface area contributed by atoms with Crippen LogP contribution in [0.15, 0.2) is 11.6 Å². The minimum absolute atomic E-state index is 0.0388. The Morgan fingerprint density at radius 3 is 2.39 bits per heavy atom. The molecule has 13 atom stereocenters. The Labute approximate surface area is 222 Å². The fraction of sp³-hybridized carbons (Fsp3) is 0.893. The van der Waals surface area contributed by atoms with Gasteiger partial charge in [0.05, 0.1) is 30.0 Å². The van der Waals surface area contributed by atoms with E-state index >= 15 is 0 Å². The number of aliphatic hydroxyl groups excluding tert-OH is 4. The van der Waals surface area contributed by atoms with Crippen molar-refractivity contribution in [2.75, 3.05) is 13.2 Å². The minimum atomic E-state index is -1.39. The molecule has 0 aromatic heterocycles. The van der Waals surface area contributed by atoms with E-state index in [2.05, 4.69) is 0 Å². The molecule has 0 aromatic carbocycles. The highest BCUT2D eigenvalue weighted by molar-refractivity contribution is 5.85. The second-order valence-electron chi connectivity index (χ2n) is 13.4. The molecule has 0 bridgehead atoms. The van der Waals surface area contributed by atoms with Crippen molar-refractivity contribution in [3.05, 3.63) is 11.6 Å². The van der Waals surface area contributed by atoms with Crippen LogP contribution < -0.4 is 0 Å². The number of carbonyl (C=O) groups excluding carboxylic acids is 1. The number of ether oxygens (including phenoxy) is 3. The highest BCUT2D eigenvalue weighted by Crippen LogP contribution is 2.70. The van der Waals surface area contributed by atoms with Gasteiger partial charge in [-0.05, 0) is 68.3 Å². The summed E-state index contributed by atoms with van der Waals surface area (Å²) in [5, 5.41) is 66.2. The van der Waals surface area contributed by atoms with Gasteiger partial charge in [0.2, 0.25) is 0 Å². The quantitative estimate of drug-likeness (QED) is 0.215. The lowest BCUT2D eigenvalue weighted by atomic mass is 9.41. The average molecular weight is 539 g/mol. The zero-order valence-electron chi connectivity index (χ0n) is 22.2. The Kier molecular flexibility index (Phi) is 6.37. The van der Waals surface area contributed by atoms with Crippen molar-refractivity contribution in [2.24, 2.45) is 28.6 Å². The van der Waals surface area contributed by atoms with Crippen molar-refractivity contribution in [3.63, 3.8) is 0 Å². The molecular formula is C28H42O10. The van der Waals surface area contributed by atoms with Crippen LogP contribution in [0.2, 0.25) is 0 Å². The van der Waals surface area contributed by atoms with Crippen LogP contribution in [-0.2, 0) is 19.0 Å². The molecule has 1 saturated heterocycles. The highest BCUT2D eigenvalue weighted by Gasteiger charge is 2.72. The van der Waals surface area contributed by atoms with E-state index < -0.39 is 58.8 Å². The molecule has 6 N–H and O–H groups in total. The summed E-state index contributed by atoms with van der Waals surface area (Å²) in [5.41, 5.74) is -2.52. The molecule has 4 aliphatic carbocycles. The van der Waals surface area contributed by atoms with Crippen LogP contribution in [0, 0.1) is 28.6 Å². The van der Waals surface area contributed by atoms with E-state index in [0.29, 0.717) is 38.5 Å². The van der Waals surface area contributed by atoms with Gasteiger partial charge >= 0.3 is 5.97 Å². The molecule has 6 rings (SSSR count). The van der Waals surface area contributed by atoms with Crippen LogP contribution in [0.1, 0.15) is 65.2 Å². The Morgan fingerprint density at radius 1 is 0.921 bits per heavy atom. The third-order valence-electron chi connectivity index (χ3n) is 11.8. The second-order valence-corrected chi connectivity index (χ2v) is 13.4. The van der Waals surface area contributed by atoms with E-state index in [-0.39, 0.29) is 43.4 Å². The molecule has 0 radical (unpaired) electrons.